The zero-order valence-electron chi connectivity index (χ0n) is 15.2. The summed E-state index contributed by atoms with van der Waals surface area (Å²) in [5.41, 5.74) is 0.928. The minimum atomic E-state index is -0.254. The molecule has 0 spiro atoms. The van der Waals surface area contributed by atoms with E-state index in [1.54, 1.807) is 23.7 Å². The van der Waals surface area contributed by atoms with Crippen LogP contribution in [0.4, 0.5) is 0 Å². The number of rotatable bonds is 6. The molecule has 1 aliphatic heterocycles. The summed E-state index contributed by atoms with van der Waals surface area (Å²) in [6, 6.07) is 7.56. The van der Waals surface area contributed by atoms with Crippen LogP contribution in [-0.4, -0.2) is 28.2 Å². The van der Waals surface area contributed by atoms with Crippen LogP contribution in [0.1, 0.15) is 43.2 Å². The molecule has 1 N–H and O–H groups in total. The Kier molecular flexibility index (Phi) is 6.04. The number of nitrogens with zero attached hydrogens (tertiary/aromatic N) is 2. The Morgan fingerprint density at radius 2 is 2.23 bits per heavy atom. The number of carbonyl (C=O) groups excluding carboxylic acids is 2. The number of thiophene rings is 1. The first-order valence-electron chi connectivity index (χ1n) is 9.05. The molecule has 5 nitrogen and oxygen atoms in total. The van der Waals surface area contributed by atoms with E-state index in [1.165, 1.54) is 0 Å². The molecule has 26 heavy (non-hydrogen) atoms. The third-order valence-corrected chi connectivity index (χ3v) is 5.52. The summed E-state index contributed by atoms with van der Waals surface area (Å²) in [5, 5.41) is 5.06. The number of hydrogen-bond donors (Lipinski definition) is 1. The summed E-state index contributed by atoms with van der Waals surface area (Å²) >= 11 is 1.63. The van der Waals surface area contributed by atoms with Crippen molar-refractivity contribution in [2.24, 2.45) is 11.8 Å². The average molecular weight is 372 g/mol. The molecule has 1 fully saturated rings. The van der Waals surface area contributed by atoms with Crippen molar-refractivity contribution in [1.82, 2.24) is 15.2 Å². The van der Waals surface area contributed by atoms with E-state index in [2.05, 4.69) is 24.1 Å². The van der Waals surface area contributed by atoms with Gasteiger partial charge in [-0.15, -0.1) is 11.3 Å². The van der Waals surface area contributed by atoms with Gasteiger partial charge in [0.1, 0.15) is 0 Å². The highest BCUT2D eigenvalue weighted by molar-refractivity contribution is 7.09. The topological polar surface area (TPSA) is 62.3 Å². The van der Waals surface area contributed by atoms with Gasteiger partial charge in [-0.2, -0.15) is 0 Å². The number of likely N-dealkylation sites (tertiary alicyclic amines) is 1. The van der Waals surface area contributed by atoms with Crippen molar-refractivity contribution in [1.29, 1.82) is 0 Å². The van der Waals surface area contributed by atoms with Crippen molar-refractivity contribution < 1.29 is 9.59 Å². The number of piperidine rings is 1. The van der Waals surface area contributed by atoms with Gasteiger partial charge in [0.15, 0.2) is 0 Å². The maximum absolute atomic E-state index is 13.0. The fraction of sp³-hybridized carbons (Fsp3) is 0.450. The summed E-state index contributed by atoms with van der Waals surface area (Å²) < 4.78 is 0. The lowest BCUT2D eigenvalue weighted by Gasteiger charge is -2.41. The third-order valence-electron chi connectivity index (χ3n) is 4.65. The molecule has 1 aliphatic rings. The van der Waals surface area contributed by atoms with Gasteiger partial charge in [0, 0.05) is 30.2 Å². The van der Waals surface area contributed by atoms with Crippen molar-refractivity contribution in [2.45, 2.75) is 39.3 Å². The second-order valence-corrected chi connectivity index (χ2v) is 8.15. The van der Waals surface area contributed by atoms with Crippen LogP contribution in [0.3, 0.4) is 0 Å². The average Bonchev–Trinajstić information content (AvgIpc) is 3.15. The lowest BCUT2D eigenvalue weighted by molar-refractivity contribution is -0.144. The first-order chi connectivity index (χ1) is 12.6. The van der Waals surface area contributed by atoms with Crippen molar-refractivity contribution in [2.75, 3.05) is 6.54 Å². The van der Waals surface area contributed by atoms with Crippen LogP contribution in [0.2, 0.25) is 0 Å². The highest BCUT2D eigenvalue weighted by atomic mass is 32.1. The predicted octanol–water partition coefficient (Wildman–Crippen LogP) is 3.40. The minimum absolute atomic E-state index is 0.00788. The Morgan fingerprint density at radius 3 is 2.88 bits per heavy atom. The Labute approximate surface area is 158 Å². The summed E-state index contributed by atoms with van der Waals surface area (Å²) in [4.78, 5) is 32.8. The molecule has 2 aromatic rings. The molecule has 0 saturated carbocycles. The van der Waals surface area contributed by atoms with Crippen LogP contribution in [0.15, 0.2) is 42.0 Å². The van der Waals surface area contributed by atoms with Crippen LogP contribution in [0, 0.1) is 11.8 Å². The van der Waals surface area contributed by atoms with Gasteiger partial charge >= 0.3 is 0 Å². The highest BCUT2D eigenvalue weighted by Gasteiger charge is 2.40. The van der Waals surface area contributed by atoms with Crippen LogP contribution < -0.4 is 5.32 Å². The standard InChI is InChI=1S/C20H25N3O2S/c1-14(2)13-23-18(24)8-7-17(19(23)15-5-3-9-21-11-15)20(25)22-12-16-6-4-10-26-16/h3-6,9-11,14,17,19H,7-8,12-13H2,1-2H3,(H,22,25)/t17-,19+/m1/s1. The molecule has 2 amide bonds. The van der Waals surface area contributed by atoms with Crippen molar-refractivity contribution in [3.63, 3.8) is 0 Å². The molecule has 0 radical (unpaired) electrons. The first-order valence-corrected chi connectivity index (χ1v) is 9.93. The molecule has 3 heterocycles. The Balaban J connectivity index is 1.83. The van der Waals surface area contributed by atoms with Crippen LogP contribution in [0.25, 0.3) is 0 Å². The zero-order chi connectivity index (χ0) is 18.5. The fourth-order valence-electron chi connectivity index (χ4n) is 3.52. The van der Waals surface area contributed by atoms with E-state index in [-0.39, 0.29) is 23.8 Å². The smallest absolute Gasteiger partial charge is 0.225 e. The second kappa shape index (κ2) is 8.45. The van der Waals surface area contributed by atoms with E-state index >= 15 is 0 Å². The maximum atomic E-state index is 13.0. The van der Waals surface area contributed by atoms with Crippen LogP contribution >= 0.6 is 11.3 Å². The van der Waals surface area contributed by atoms with Gasteiger partial charge in [-0.05, 0) is 35.4 Å². The minimum Gasteiger partial charge on any atom is -0.351 e. The quantitative estimate of drug-likeness (QED) is 0.847. The molecule has 1 saturated heterocycles. The highest BCUT2D eigenvalue weighted by Crippen LogP contribution is 2.37. The van der Waals surface area contributed by atoms with Crippen molar-refractivity contribution in [3.8, 4) is 0 Å². The number of aromatic nitrogens is 1. The molecule has 138 valence electrons. The van der Waals surface area contributed by atoms with Gasteiger partial charge < -0.3 is 10.2 Å². The zero-order valence-corrected chi connectivity index (χ0v) is 16.0. The van der Waals surface area contributed by atoms with E-state index < -0.39 is 0 Å². The summed E-state index contributed by atoms with van der Waals surface area (Å²) in [6.07, 6.45) is 4.48. The van der Waals surface area contributed by atoms with E-state index in [0.29, 0.717) is 31.8 Å². The molecular weight excluding hydrogens is 346 g/mol. The molecular formula is C20H25N3O2S. The number of amides is 2. The summed E-state index contributed by atoms with van der Waals surface area (Å²) in [7, 11) is 0. The third kappa shape index (κ3) is 4.30. The number of nitrogens with one attached hydrogen (secondary N) is 1. The lowest BCUT2D eigenvalue weighted by atomic mass is 9.83. The van der Waals surface area contributed by atoms with E-state index in [9.17, 15) is 9.59 Å². The molecule has 0 aromatic carbocycles. The van der Waals surface area contributed by atoms with E-state index in [1.807, 2.05) is 34.5 Å². The SMILES string of the molecule is CC(C)CN1C(=O)CC[C@@H](C(=O)NCc2cccs2)[C@@H]1c1cccnc1. The Bertz CT molecular complexity index is 731. The summed E-state index contributed by atoms with van der Waals surface area (Å²) in [6.45, 7) is 5.36. The van der Waals surface area contributed by atoms with Gasteiger partial charge in [0.2, 0.25) is 11.8 Å². The van der Waals surface area contributed by atoms with Crippen LogP contribution in [-0.2, 0) is 16.1 Å². The molecule has 0 bridgehead atoms. The van der Waals surface area contributed by atoms with Gasteiger partial charge in [-0.25, -0.2) is 0 Å². The Hall–Kier alpha value is -2.21. The van der Waals surface area contributed by atoms with Crippen molar-refractivity contribution >= 4 is 23.2 Å². The van der Waals surface area contributed by atoms with E-state index in [4.69, 9.17) is 0 Å². The van der Waals surface area contributed by atoms with Crippen LogP contribution in [0.5, 0.6) is 0 Å². The van der Waals surface area contributed by atoms with Crippen molar-refractivity contribution in [3.05, 3.63) is 52.5 Å². The van der Waals surface area contributed by atoms with Gasteiger partial charge in [-0.1, -0.05) is 26.0 Å². The number of hydrogen-bond acceptors (Lipinski definition) is 4. The lowest BCUT2D eigenvalue weighted by Crippen LogP contribution is -2.49. The van der Waals surface area contributed by atoms with Gasteiger partial charge in [0.25, 0.3) is 0 Å². The summed E-state index contributed by atoms with van der Waals surface area (Å²) in [5.74, 6) is 0.213. The number of carbonyl (C=O) groups is 2. The number of pyridine rings is 1. The molecule has 2 atom stereocenters. The normalized spacial score (nSPS) is 20.4. The molecule has 6 heteroatoms. The van der Waals surface area contributed by atoms with Gasteiger partial charge in [-0.3, -0.25) is 14.6 Å². The van der Waals surface area contributed by atoms with Gasteiger partial charge in [0.05, 0.1) is 18.5 Å². The van der Waals surface area contributed by atoms with E-state index in [0.717, 1.165) is 10.4 Å². The maximum Gasteiger partial charge on any atom is 0.225 e. The molecule has 2 aromatic heterocycles. The first kappa shape index (κ1) is 18.6. The second-order valence-electron chi connectivity index (χ2n) is 7.11. The predicted molar refractivity (Wildman–Crippen MR) is 102 cm³/mol. The molecule has 0 aliphatic carbocycles. The molecule has 3 rings (SSSR count). The molecule has 0 unspecified atom stereocenters. The largest absolute Gasteiger partial charge is 0.351 e. The Morgan fingerprint density at radius 1 is 1.38 bits per heavy atom. The fourth-order valence-corrected chi connectivity index (χ4v) is 4.16. The monoisotopic (exact) mass is 371 g/mol.